The topological polar surface area (TPSA) is 72.2 Å². The van der Waals surface area contributed by atoms with Gasteiger partial charge in [0.05, 0.1) is 15.6 Å². The monoisotopic (exact) mass is 328 g/mol. The minimum Gasteiger partial charge on any atom is -0.324 e. The molecule has 0 aliphatic carbocycles. The van der Waals surface area contributed by atoms with E-state index < -0.39 is 15.8 Å². The van der Waals surface area contributed by atoms with Crippen molar-refractivity contribution in [3.63, 3.8) is 0 Å². The van der Waals surface area contributed by atoms with Crippen molar-refractivity contribution >= 4 is 27.3 Å². The SMILES string of the molecule is CC(N)c1ccc(S(=O)(=O)Nc2ccc(F)cc2Cl)cc1. The molecule has 2 rings (SSSR count). The van der Waals surface area contributed by atoms with E-state index in [1.54, 1.807) is 19.1 Å². The van der Waals surface area contributed by atoms with Crippen LogP contribution in [0.1, 0.15) is 18.5 Å². The third kappa shape index (κ3) is 3.72. The van der Waals surface area contributed by atoms with Crippen molar-refractivity contribution in [3.05, 3.63) is 58.9 Å². The molecule has 2 aromatic carbocycles. The maximum Gasteiger partial charge on any atom is 0.261 e. The van der Waals surface area contributed by atoms with Gasteiger partial charge in [-0.3, -0.25) is 4.72 Å². The van der Waals surface area contributed by atoms with Gasteiger partial charge in [0, 0.05) is 6.04 Å². The molecule has 0 aliphatic heterocycles. The lowest BCUT2D eigenvalue weighted by Gasteiger charge is -2.11. The summed E-state index contributed by atoms with van der Waals surface area (Å²) in [5.41, 5.74) is 6.66. The Bertz CT molecular complexity index is 746. The van der Waals surface area contributed by atoms with Gasteiger partial charge in [-0.15, -0.1) is 0 Å². The van der Waals surface area contributed by atoms with E-state index in [1.165, 1.54) is 18.2 Å². The number of hydrogen-bond acceptors (Lipinski definition) is 3. The molecule has 112 valence electrons. The zero-order valence-electron chi connectivity index (χ0n) is 11.2. The van der Waals surface area contributed by atoms with Crippen LogP contribution >= 0.6 is 11.6 Å². The maximum atomic E-state index is 12.9. The molecule has 0 spiro atoms. The van der Waals surface area contributed by atoms with E-state index in [0.29, 0.717) is 0 Å². The van der Waals surface area contributed by atoms with Gasteiger partial charge in [0.15, 0.2) is 0 Å². The molecule has 0 aromatic heterocycles. The number of nitrogens with two attached hydrogens (primary N) is 1. The first kappa shape index (κ1) is 15.8. The summed E-state index contributed by atoms with van der Waals surface area (Å²) in [5.74, 6) is -0.538. The third-order valence-electron chi connectivity index (χ3n) is 2.89. The zero-order chi connectivity index (χ0) is 15.6. The van der Waals surface area contributed by atoms with Crippen LogP contribution < -0.4 is 10.5 Å². The van der Waals surface area contributed by atoms with Crippen molar-refractivity contribution in [2.24, 2.45) is 5.73 Å². The molecule has 0 bridgehead atoms. The van der Waals surface area contributed by atoms with Crippen molar-refractivity contribution in [2.75, 3.05) is 4.72 Å². The van der Waals surface area contributed by atoms with Gasteiger partial charge in [-0.25, -0.2) is 12.8 Å². The van der Waals surface area contributed by atoms with E-state index in [2.05, 4.69) is 4.72 Å². The third-order valence-corrected chi connectivity index (χ3v) is 4.59. The van der Waals surface area contributed by atoms with Gasteiger partial charge in [-0.2, -0.15) is 0 Å². The number of rotatable bonds is 4. The zero-order valence-corrected chi connectivity index (χ0v) is 12.7. The van der Waals surface area contributed by atoms with Crippen LogP contribution in [0, 0.1) is 5.82 Å². The van der Waals surface area contributed by atoms with Gasteiger partial charge >= 0.3 is 0 Å². The standard InChI is InChI=1S/C14H14ClFN2O2S/c1-9(17)10-2-5-12(6-3-10)21(19,20)18-14-7-4-11(16)8-13(14)15/h2-9,18H,17H2,1H3. The van der Waals surface area contributed by atoms with Crippen LogP contribution in [0.3, 0.4) is 0 Å². The van der Waals surface area contributed by atoms with Crippen LogP contribution in [-0.4, -0.2) is 8.42 Å². The normalized spacial score (nSPS) is 13.0. The van der Waals surface area contributed by atoms with E-state index in [-0.39, 0.29) is 21.6 Å². The molecule has 0 heterocycles. The molecule has 0 saturated heterocycles. The average Bonchev–Trinajstić information content (AvgIpc) is 2.42. The molecule has 1 unspecified atom stereocenters. The van der Waals surface area contributed by atoms with E-state index in [4.69, 9.17) is 17.3 Å². The Kier molecular flexibility index (Phi) is 4.51. The summed E-state index contributed by atoms with van der Waals surface area (Å²) in [6, 6.07) is 9.46. The minimum absolute atomic E-state index is 0.00854. The predicted octanol–water partition coefficient (Wildman–Crippen LogP) is 3.30. The van der Waals surface area contributed by atoms with E-state index in [9.17, 15) is 12.8 Å². The van der Waals surface area contributed by atoms with E-state index >= 15 is 0 Å². The first-order valence-corrected chi connectivity index (χ1v) is 7.99. The van der Waals surface area contributed by atoms with Crippen LogP contribution in [0.15, 0.2) is 47.4 Å². The quantitative estimate of drug-likeness (QED) is 0.904. The highest BCUT2D eigenvalue weighted by Gasteiger charge is 2.16. The van der Waals surface area contributed by atoms with Crippen molar-refractivity contribution in [1.82, 2.24) is 0 Å². The second kappa shape index (κ2) is 6.01. The minimum atomic E-state index is -3.79. The van der Waals surface area contributed by atoms with Crippen LogP contribution in [0.5, 0.6) is 0 Å². The Morgan fingerprint density at radius 2 is 1.81 bits per heavy atom. The summed E-state index contributed by atoms with van der Waals surface area (Å²) >= 11 is 5.81. The highest BCUT2D eigenvalue weighted by molar-refractivity contribution is 7.92. The molecule has 0 radical (unpaired) electrons. The van der Waals surface area contributed by atoms with Crippen molar-refractivity contribution in [2.45, 2.75) is 17.9 Å². The molecule has 0 amide bonds. The van der Waals surface area contributed by atoms with Crippen LogP contribution in [0.25, 0.3) is 0 Å². The van der Waals surface area contributed by atoms with E-state index in [0.717, 1.165) is 17.7 Å². The first-order valence-electron chi connectivity index (χ1n) is 6.13. The fourth-order valence-corrected chi connectivity index (χ4v) is 3.08. The molecule has 0 saturated carbocycles. The molecule has 1 atom stereocenters. The van der Waals surface area contributed by atoms with Crippen LogP contribution in [0.2, 0.25) is 5.02 Å². The molecular weight excluding hydrogens is 315 g/mol. The van der Waals surface area contributed by atoms with Gasteiger partial charge in [-0.05, 0) is 42.8 Å². The lowest BCUT2D eigenvalue weighted by atomic mass is 10.1. The molecule has 3 N–H and O–H groups in total. The largest absolute Gasteiger partial charge is 0.324 e. The van der Waals surface area contributed by atoms with Crippen molar-refractivity contribution in [3.8, 4) is 0 Å². The summed E-state index contributed by atoms with van der Waals surface area (Å²) in [5, 5.41) is -0.00854. The lowest BCUT2D eigenvalue weighted by molar-refractivity contribution is 0.601. The predicted molar refractivity (Wildman–Crippen MR) is 81.3 cm³/mol. The number of halogens is 2. The molecule has 0 fully saturated rings. The number of hydrogen-bond donors (Lipinski definition) is 2. The number of benzene rings is 2. The molecular formula is C14H14ClFN2O2S. The Morgan fingerprint density at radius 1 is 1.19 bits per heavy atom. The Labute approximate surface area is 127 Å². The van der Waals surface area contributed by atoms with Gasteiger partial charge in [-0.1, -0.05) is 23.7 Å². The lowest BCUT2D eigenvalue weighted by Crippen LogP contribution is -2.14. The number of nitrogens with one attached hydrogen (secondary N) is 1. The number of anilines is 1. The van der Waals surface area contributed by atoms with Gasteiger partial charge < -0.3 is 5.73 Å². The highest BCUT2D eigenvalue weighted by atomic mass is 35.5. The molecule has 4 nitrogen and oxygen atoms in total. The highest BCUT2D eigenvalue weighted by Crippen LogP contribution is 2.25. The Morgan fingerprint density at radius 3 is 2.33 bits per heavy atom. The Hall–Kier alpha value is -1.63. The van der Waals surface area contributed by atoms with Gasteiger partial charge in [0.2, 0.25) is 0 Å². The average molecular weight is 329 g/mol. The van der Waals surface area contributed by atoms with Crippen molar-refractivity contribution < 1.29 is 12.8 Å². The second-order valence-corrected chi connectivity index (χ2v) is 6.68. The molecule has 7 heteroatoms. The summed E-state index contributed by atoms with van der Waals surface area (Å²) in [6.45, 7) is 1.81. The maximum absolute atomic E-state index is 12.9. The summed E-state index contributed by atoms with van der Waals surface area (Å²) < 4.78 is 39.7. The summed E-state index contributed by atoms with van der Waals surface area (Å²) in [4.78, 5) is 0.0762. The van der Waals surface area contributed by atoms with Gasteiger partial charge in [0.1, 0.15) is 5.82 Å². The van der Waals surface area contributed by atoms with Crippen molar-refractivity contribution in [1.29, 1.82) is 0 Å². The fourth-order valence-electron chi connectivity index (χ4n) is 1.73. The number of sulfonamides is 1. The Balaban J connectivity index is 2.29. The first-order chi connectivity index (χ1) is 9.79. The van der Waals surface area contributed by atoms with Crippen LogP contribution in [-0.2, 0) is 10.0 Å². The van der Waals surface area contributed by atoms with Crippen LogP contribution in [0.4, 0.5) is 10.1 Å². The van der Waals surface area contributed by atoms with E-state index in [1.807, 2.05) is 0 Å². The molecule has 21 heavy (non-hydrogen) atoms. The second-order valence-electron chi connectivity index (χ2n) is 4.59. The summed E-state index contributed by atoms with van der Waals surface area (Å²) in [7, 11) is -3.79. The fraction of sp³-hybridized carbons (Fsp3) is 0.143. The molecule has 2 aromatic rings. The smallest absolute Gasteiger partial charge is 0.261 e. The summed E-state index contributed by atoms with van der Waals surface area (Å²) in [6.07, 6.45) is 0. The molecule has 0 aliphatic rings. The van der Waals surface area contributed by atoms with Gasteiger partial charge in [0.25, 0.3) is 10.0 Å².